The summed E-state index contributed by atoms with van der Waals surface area (Å²) in [4.78, 5) is 16.9. The van der Waals surface area contributed by atoms with Crippen LogP contribution in [0.2, 0.25) is 0 Å². The Morgan fingerprint density at radius 2 is 1.91 bits per heavy atom. The van der Waals surface area contributed by atoms with Crippen molar-refractivity contribution in [2.24, 2.45) is 5.92 Å². The summed E-state index contributed by atoms with van der Waals surface area (Å²) in [6.45, 7) is 5.64. The van der Waals surface area contributed by atoms with Gasteiger partial charge in [0.15, 0.2) is 0 Å². The first-order valence-electron chi connectivity index (χ1n) is 8.14. The molecular weight excluding hydrogens is 278 g/mol. The third-order valence-corrected chi connectivity index (χ3v) is 4.53. The minimum absolute atomic E-state index is 0.00828. The molecule has 2 saturated heterocycles. The first-order valence-corrected chi connectivity index (χ1v) is 8.14. The molecule has 2 heterocycles. The Bertz CT molecular complexity index is 489. The number of carbonyl (C=O) groups excluding carboxylic acids is 1. The number of hydrogen-bond donors (Lipinski definition) is 1. The van der Waals surface area contributed by atoms with E-state index in [1.807, 2.05) is 12.1 Å². The summed E-state index contributed by atoms with van der Waals surface area (Å²) < 4.78 is 5.38. The molecule has 0 saturated carbocycles. The number of likely N-dealkylation sites (N-methyl/N-ethyl adjacent to an activating group) is 1. The van der Waals surface area contributed by atoms with Crippen LogP contribution in [0.15, 0.2) is 24.3 Å². The van der Waals surface area contributed by atoms with Gasteiger partial charge in [0.05, 0.1) is 12.5 Å². The SMILES string of the molecule is CN1CCN(c2ccc(NC(=O)C3CCCOC3)cc2)CC1. The Balaban J connectivity index is 1.56. The number of nitrogens with one attached hydrogen (secondary N) is 1. The van der Waals surface area contributed by atoms with E-state index in [1.165, 1.54) is 5.69 Å². The van der Waals surface area contributed by atoms with Crippen molar-refractivity contribution in [1.82, 2.24) is 4.90 Å². The second kappa shape index (κ2) is 7.11. The van der Waals surface area contributed by atoms with Crippen molar-refractivity contribution in [2.45, 2.75) is 12.8 Å². The number of piperazine rings is 1. The van der Waals surface area contributed by atoms with Crippen LogP contribution < -0.4 is 10.2 Å². The van der Waals surface area contributed by atoms with Crippen molar-refractivity contribution in [1.29, 1.82) is 0 Å². The van der Waals surface area contributed by atoms with E-state index < -0.39 is 0 Å². The first-order chi connectivity index (χ1) is 10.7. The van der Waals surface area contributed by atoms with Crippen molar-refractivity contribution >= 4 is 17.3 Å². The molecule has 5 heteroatoms. The molecule has 1 unspecified atom stereocenters. The zero-order valence-corrected chi connectivity index (χ0v) is 13.3. The number of anilines is 2. The summed E-state index contributed by atoms with van der Waals surface area (Å²) >= 11 is 0. The van der Waals surface area contributed by atoms with Crippen LogP contribution in [0.5, 0.6) is 0 Å². The average molecular weight is 303 g/mol. The van der Waals surface area contributed by atoms with E-state index >= 15 is 0 Å². The molecule has 2 aliphatic rings. The van der Waals surface area contributed by atoms with Crippen molar-refractivity contribution in [2.75, 3.05) is 56.7 Å². The van der Waals surface area contributed by atoms with Crippen LogP contribution in [-0.2, 0) is 9.53 Å². The van der Waals surface area contributed by atoms with Gasteiger partial charge in [0.1, 0.15) is 0 Å². The minimum atomic E-state index is -0.00828. The fraction of sp³-hybridized carbons (Fsp3) is 0.588. The number of nitrogens with zero attached hydrogens (tertiary/aromatic N) is 2. The molecule has 1 amide bonds. The fourth-order valence-electron chi connectivity index (χ4n) is 3.01. The molecule has 0 bridgehead atoms. The molecule has 1 aromatic carbocycles. The molecule has 2 aliphatic heterocycles. The Morgan fingerprint density at radius 1 is 1.18 bits per heavy atom. The number of ether oxygens (including phenoxy) is 1. The molecule has 22 heavy (non-hydrogen) atoms. The number of rotatable bonds is 3. The largest absolute Gasteiger partial charge is 0.381 e. The third-order valence-electron chi connectivity index (χ3n) is 4.53. The number of carbonyl (C=O) groups is 1. The zero-order valence-electron chi connectivity index (χ0n) is 13.3. The zero-order chi connectivity index (χ0) is 15.4. The Morgan fingerprint density at radius 3 is 2.55 bits per heavy atom. The van der Waals surface area contributed by atoms with Crippen molar-refractivity contribution < 1.29 is 9.53 Å². The second-order valence-electron chi connectivity index (χ2n) is 6.24. The van der Waals surface area contributed by atoms with Gasteiger partial charge in [-0.25, -0.2) is 0 Å². The van der Waals surface area contributed by atoms with Gasteiger partial charge in [0.2, 0.25) is 5.91 Å². The summed E-state index contributed by atoms with van der Waals surface area (Å²) in [5, 5.41) is 3.00. The Hall–Kier alpha value is -1.59. The van der Waals surface area contributed by atoms with Crippen LogP contribution in [0.1, 0.15) is 12.8 Å². The van der Waals surface area contributed by atoms with E-state index in [-0.39, 0.29) is 11.8 Å². The highest BCUT2D eigenvalue weighted by atomic mass is 16.5. The van der Waals surface area contributed by atoms with Gasteiger partial charge in [-0.3, -0.25) is 4.79 Å². The first kappa shape index (κ1) is 15.3. The predicted octanol–water partition coefficient (Wildman–Crippen LogP) is 1.80. The van der Waals surface area contributed by atoms with Crippen LogP contribution >= 0.6 is 0 Å². The number of amides is 1. The lowest BCUT2D eigenvalue weighted by Gasteiger charge is -2.34. The van der Waals surface area contributed by atoms with E-state index in [9.17, 15) is 4.79 Å². The summed E-state index contributed by atoms with van der Waals surface area (Å²) in [5.74, 6) is 0.0677. The molecule has 5 nitrogen and oxygen atoms in total. The summed E-state index contributed by atoms with van der Waals surface area (Å²) in [7, 11) is 2.16. The van der Waals surface area contributed by atoms with Gasteiger partial charge < -0.3 is 19.9 Å². The average Bonchev–Trinajstić information content (AvgIpc) is 2.57. The molecule has 0 spiro atoms. The lowest BCUT2D eigenvalue weighted by atomic mass is 10.0. The van der Waals surface area contributed by atoms with E-state index in [2.05, 4.69) is 34.3 Å². The molecule has 2 fully saturated rings. The second-order valence-corrected chi connectivity index (χ2v) is 6.24. The minimum Gasteiger partial charge on any atom is -0.381 e. The lowest BCUT2D eigenvalue weighted by molar-refractivity contribution is -0.123. The third kappa shape index (κ3) is 3.78. The Kier molecular flexibility index (Phi) is 4.95. The van der Waals surface area contributed by atoms with Crippen molar-refractivity contribution in [3.63, 3.8) is 0 Å². The molecule has 0 aromatic heterocycles. The van der Waals surface area contributed by atoms with Crippen LogP contribution in [0.25, 0.3) is 0 Å². The maximum atomic E-state index is 12.2. The topological polar surface area (TPSA) is 44.8 Å². The lowest BCUT2D eigenvalue weighted by Crippen LogP contribution is -2.44. The molecule has 1 atom stereocenters. The predicted molar refractivity (Wildman–Crippen MR) is 88.3 cm³/mol. The molecule has 1 aromatic rings. The Labute approximate surface area is 132 Å². The molecule has 3 rings (SSSR count). The fourth-order valence-corrected chi connectivity index (χ4v) is 3.01. The van der Waals surface area contributed by atoms with Crippen molar-refractivity contribution in [3.8, 4) is 0 Å². The monoisotopic (exact) mass is 303 g/mol. The van der Waals surface area contributed by atoms with E-state index in [1.54, 1.807) is 0 Å². The van der Waals surface area contributed by atoms with Crippen LogP contribution in [-0.4, -0.2) is 57.2 Å². The molecule has 1 N–H and O–H groups in total. The highest BCUT2D eigenvalue weighted by Crippen LogP contribution is 2.21. The van der Waals surface area contributed by atoms with E-state index in [0.717, 1.165) is 51.3 Å². The van der Waals surface area contributed by atoms with Gasteiger partial charge in [-0.05, 0) is 44.2 Å². The quantitative estimate of drug-likeness (QED) is 0.925. The van der Waals surface area contributed by atoms with Crippen molar-refractivity contribution in [3.05, 3.63) is 24.3 Å². The summed E-state index contributed by atoms with van der Waals surface area (Å²) in [6.07, 6.45) is 1.89. The van der Waals surface area contributed by atoms with E-state index in [0.29, 0.717) is 6.61 Å². The molecule has 120 valence electrons. The highest BCUT2D eigenvalue weighted by molar-refractivity contribution is 5.92. The van der Waals surface area contributed by atoms with Crippen LogP contribution in [0.3, 0.4) is 0 Å². The highest BCUT2D eigenvalue weighted by Gasteiger charge is 2.21. The maximum absolute atomic E-state index is 12.2. The smallest absolute Gasteiger partial charge is 0.229 e. The van der Waals surface area contributed by atoms with Crippen LogP contribution in [0, 0.1) is 5.92 Å². The van der Waals surface area contributed by atoms with Gasteiger partial charge in [-0.15, -0.1) is 0 Å². The number of hydrogen-bond acceptors (Lipinski definition) is 4. The molecule has 0 radical (unpaired) electrons. The standard InChI is InChI=1S/C17H25N3O2/c1-19-8-10-20(11-9-19)16-6-4-15(5-7-16)18-17(21)14-3-2-12-22-13-14/h4-7,14H,2-3,8-13H2,1H3,(H,18,21). The summed E-state index contributed by atoms with van der Waals surface area (Å²) in [6, 6.07) is 8.18. The molecule has 0 aliphatic carbocycles. The van der Waals surface area contributed by atoms with Gasteiger partial charge in [-0.1, -0.05) is 0 Å². The van der Waals surface area contributed by atoms with Gasteiger partial charge in [-0.2, -0.15) is 0 Å². The van der Waals surface area contributed by atoms with Crippen LogP contribution in [0.4, 0.5) is 11.4 Å². The maximum Gasteiger partial charge on any atom is 0.229 e. The van der Waals surface area contributed by atoms with Gasteiger partial charge >= 0.3 is 0 Å². The summed E-state index contributed by atoms with van der Waals surface area (Å²) in [5.41, 5.74) is 2.10. The van der Waals surface area contributed by atoms with Gasteiger partial charge in [0.25, 0.3) is 0 Å². The number of benzene rings is 1. The van der Waals surface area contributed by atoms with E-state index in [4.69, 9.17) is 4.74 Å². The molecular formula is C17H25N3O2. The normalized spacial score (nSPS) is 23.3. The van der Waals surface area contributed by atoms with Gasteiger partial charge in [0, 0.05) is 44.2 Å².